The zero-order valence-corrected chi connectivity index (χ0v) is 13.2. The van der Waals surface area contributed by atoms with Gasteiger partial charge in [-0.15, -0.1) is 0 Å². The number of nitrogens with zero attached hydrogens (tertiary/aromatic N) is 2. The molecule has 0 radical (unpaired) electrons. The fourth-order valence-electron chi connectivity index (χ4n) is 3.67. The summed E-state index contributed by atoms with van der Waals surface area (Å²) in [6.07, 6.45) is 7.41. The minimum Gasteiger partial charge on any atom is -0.374 e. The molecule has 1 saturated heterocycles. The van der Waals surface area contributed by atoms with Crippen LogP contribution in [0.3, 0.4) is 0 Å². The second kappa shape index (κ2) is 6.75. The Balaban J connectivity index is 1.80. The topological polar surface area (TPSA) is 37.4 Å². The van der Waals surface area contributed by atoms with Crippen molar-refractivity contribution in [2.45, 2.75) is 57.7 Å². The van der Waals surface area contributed by atoms with Crippen molar-refractivity contribution in [2.75, 3.05) is 24.6 Å². The quantitative estimate of drug-likeness (QED) is 0.925. The van der Waals surface area contributed by atoms with E-state index in [1.165, 1.54) is 31.2 Å². The summed E-state index contributed by atoms with van der Waals surface area (Å²) >= 11 is 0. The number of nitrogens with one attached hydrogen (secondary N) is 1. The molecule has 0 amide bonds. The van der Waals surface area contributed by atoms with E-state index < -0.39 is 0 Å². The maximum Gasteiger partial charge on any atom is 0.129 e. The van der Waals surface area contributed by atoms with Gasteiger partial charge in [-0.25, -0.2) is 4.98 Å². The minimum atomic E-state index is 0.375. The van der Waals surface area contributed by atoms with Crippen molar-refractivity contribution in [2.24, 2.45) is 0 Å². The molecular weight excluding hydrogens is 262 g/mol. The number of anilines is 1. The summed E-state index contributed by atoms with van der Waals surface area (Å²) < 4.78 is 5.97. The van der Waals surface area contributed by atoms with Crippen LogP contribution < -0.4 is 10.2 Å². The van der Waals surface area contributed by atoms with Gasteiger partial charge in [0.15, 0.2) is 0 Å². The summed E-state index contributed by atoms with van der Waals surface area (Å²) in [6, 6.07) is 5.27. The van der Waals surface area contributed by atoms with Crippen molar-refractivity contribution in [3.05, 3.63) is 23.9 Å². The minimum absolute atomic E-state index is 0.375. The highest BCUT2D eigenvalue weighted by molar-refractivity contribution is 5.44. The van der Waals surface area contributed by atoms with E-state index >= 15 is 0 Å². The molecule has 0 spiro atoms. The average molecular weight is 289 g/mol. The van der Waals surface area contributed by atoms with E-state index in [1.54, 1.807) is 0 Å². The average Bonchev–Trinajstić information content (AvgIpc) is 2.55. The standard InChI is InChI=1S/C17H27N3O/c1-3-18-13(2)14-8-9-19-17(12-14)20-10-11-21-16-7-5-4-6-15(16)20/h8-9,12-13,15-16,18H,3-7,10-11H2,1-2H3. The third kappa shape index (κ3) is 3.22. The van der Waals surface area contributed by atoms with Crippen LogP contribution in [0, 0.1) is 0 Å². The van der Waals surface area contributed by atoms with Gasteiger partial charge in [0.1, 0.15) is 5.82 Å². The molecule has 4 nitrogen and oxygen atoms in total. The second-order valence-corrected chi connectivity index (χ2v) is 6.18. The molecule has 4 heteroatoms. The number of pyridine rings is 1. The third-order valence-electron chi connectivity index (χ3n) is 4.81. The molecule has 0 bridgehead atoms. The van der Waals surface area contributed by atoms with Crippen molar-refractivity contribution in [1.29, 1.82) is 0 Å². The van der Waals surface area contributed by atoms with Gasteiger partial charge in [0.25, 0.3) is 0 Å². The SMILES string of the molecule is CCNC(C)c1ccnc(N2CCOC3CCCCC32)c1. The van der Waals surface area contributed by atoms with Gasteiger partial charge in [-0.1, -0.05) is 19.8 Å². The molecule has 0 aromatic carbocycles. The lowest BCUT2D eigenvalue weighted by Gasteiger charge is -2.44. The predicted octanol–water partition coefficient (Wildman–Crippen LogP) is 2.90. The highest BCUT2D eigenvalue weighted by Gasteiger charge is 2.34. The molecule has 2 aliphatic rings. The van der Waals surface area contributed by atoms with Crippen LogP contribution in [-0.4, -0.2) is 36.8 Å². The van der Waals surface area contributed by atoms with E-state index in [1.807, 2.05) is 6.20 Å². The van der Waals surface area contributed by atoms with Crippen LogP contribution in [0.2, 0.25) is 0 Å². The zero-order chi connectivity index (χ0) is 14.7. The van der Waals surface area contributed by atoms with E-state index in [0.717, 1.165) is 25.5 Å². The molecule has 1 N–H and O–H groups in total. The number of hydrogen-bond acceptors (Lipinski definition) is 4. The summed E-state index contributed by atoms with van der Waals surface area (Å²) in [6.45, 7) is 7.14. The fraction of sp³-hybridized carbons (Fsp3) is 0.706. The molecule has 2 heterocycles. The number of rotatable bonds is 4. The summed E-state index contributed by atoms with van der Waals surface area (Å²) in [7, 11) is 0. The van der Waals surface area contributed by atoms with Gasteiger partial charge in [0.05, 0.1) is 18.8 Å². The number of fused-ring (bicyclic) bond motifs is 1. The first kappa shape index (κ1) is 14.8. The molecule has 3 atom stereocenters. The van der Waals surface area contributed by atoms with Gasteiger partial charge in [-0.05, 0) is 44.0 Å². The van der Waals surface area contributed by atoms with Crippen LogP contribution in [0.5, 0.6) is 0 Å². The number of aromatic nitrogens is 1. The third-order valence-corrected chi connectivity index (χ3v) is 4.81. The van der Waals surface area contributed by atoms with E-state index in [9.17, 15) is 0 Å². The van der Waals surface area contributed by atoms with E-state index in [4.69, 9.17) is 4.74 Å². The molecule has 1 aliphatic heterocycles. The largest absolute Gasteiger partial charge is 0.374 e. The van der Waals surface area contributed by atoms with Gasteiger partial charge in [0.2, 0.25) is 0 Å². The van der Waals surface area contributed by atoms with Crippen LogP contribution >= 0.6 is 0 Å². The van der Waals surface area contributed by atoms with Crippen LogP contribution in [0.15, 0.2) is 18.3 Å². The summed E-state index contributed by atoms with van der Waals surface area (Å²) in [5.74, 6) is 1.12. The highest BCUT2D eigenvalue weighted by Crippen LogP contribution is 2.31. The Hall–Kier alpha value is -1.13. The smallest absolute Gasteiger partial charge is 0.129 e. The van der Waals surface area contributed by atoms with E-state index in [0.29, 0.717) is 18.2 Å². The zero-order valence-electron chi connectivity index (χ0n) is 13.2. The van der Waals surface area contributed by atoms with E-state index in [2.05, 4.69) is 41.2 Å². The van der Waals surface area contributed by atoms with Crippen molar-refractivity contribution >= 4 is 5.82 Å². The Labute approximate surface area is 127 Å². The fourth-order valence-corrected chi connectivity index (χ4v) is 3.67. The normalized spacial score (nSPS) is 27.2. The Morgan fingerprint density at radius 1 is 1.43 bits per heavy atom. The van der Waals surface area contributed by atoms with Crippen molar-refractivity contribution in [3.8, 4) is 0 Å². The molecule has 3 rings (SSSR count). The molecule has 21 heavy (non-hydrogen) atoms. The number of hydrogen-bond donors (Lipinski definition) is 1. The number of ether oxygens (including phenoxy) is 1. The van der Waals surface area contributed by atoms with Crippen LogP contribution in [0.25, 0.3) is 0 Å². The Kier molecular flexibility index (Phi) is 4.76. The van der Waals surface area contributed by atoms with Crippen molar-refractivity contribution in [3.63, 3.8) is 0 Å². The second-order valence-electron chi connectivity index (χ2n) is 6.18. The molecule has 116 valence electrons. The molecule has 1 aliphatic carbocycles. The van der Waals surface area contributed by atoms with E-state index in [-0.39, 0.29) is 0 Å². The van der Waals surface area contributed by atoms with Gasteiger partial charge in [-0.2, -0.15) is 0 Å². The van der Waals surface area contributed by atoms with Crippen molar-refractivity contribution < 1.29 is 4.74 Å². The van der Waals surface area contributed by atoms with Gasteiger partial charge < -0.3 is 15.0 Å². The van der Waals surface area contributed by atoms with Crippen molar-refractivity contribution in [1.82, 2.24) is 10.3 Å². The summed E-state index contributed by atoms with van der Waals surface area (Å²) in [4.78, 5) is 7.12. The first-order chi connectivity index (χ1) is 10.3. The summed E-state index contributed by atoms with van der Waals surface area (Å²) in [5, 5.41) is 3.48. The van der Waals surface area contributed by atoms with Gasteiger partial charge >= 0.3 is 0 Å². The monoisotopic (exact) mass is 289 g/mol. The first-order valence-electron chi connectivity index (χ1n) is 8.37. The van der Waals surface area contributed by atoms with Crippen LogP contribution in [0.4, 0.5) is 5.82 Å². The predicted molar refractivity (Wildman–Crippen MR) is 85.7 cm³/mol. The van der Waals surface area contributed by atoms with Crippen LogP contribution in [-0.2, 0) is 4.74 Å². The Morgan fingerprint density at radius 3 is 3.14 bits per heavy atom. The lowest BCUT2D eigenvalue weighted by Crippen LogP contribution is -2.53. The molecule has 1 aromatic heterocycles. The maximum absolute atomic E-state index is 5.97. The molecule has 1 saturated carbocycles. The van der Waals surface area contributed by atoms with Gasteiger partial charge in [-0.3, -0.25) is 0 Å². The Morgan fingerprint density at radius 2 is 2.29 bits per heavy atom. The number of morpholine rings is 1. The molecular formula is C17H27N3O. The van der Waals surface area contributed by atoms with Gasteiger partial charge in [0, 0.05) is 18.8 Å². The lowest BCUT2D eigenvalue weighted by molar-refractivity contribution is -0.00899. The molecule has 2 fully saturated rings. The highest BCUT2D eigenvalue weighted by atomic mass is 16.5. The van der Waals surface area contributed by atoms with Crippen LogP contribution in [0.1, 0.15) is 51.1 Å². The molecule has 1 aromatic rings. The molecule has 3 unspecified atom stereocenters. The Bertz CT molecular complexity index is 463. The maximum atomic E-state index is 5.97. The summed E-state index contributed by atoms with van der Waals surface area (Å²) in [5.41, 5.74) is 1.32. The lowest BCUT2D eigenvalue weighted by atomic mass is 9.90. The first-order valence-corrected chi connectivity index (χ1v) is 8.37.